The molecule has 0 saturated carbocycles. The van der Waals surface area contributed by atoms with Crippen molar-refractivity contribution in [3.05, 3.63) is 58.3 Å². The van der Waals surface area contributed by atoms with E-state index in [-0.39, 0.29) is 18.2 Å². The second-order valence-electron chi connectivity index (χ2n) is 6.89. The molecule has 1 aliphatic rings. The summed E-state index contributed by atoms with van der Waals surface area (Å²) in [5.41, 5.74) is 0.371. The summed E-state index contributed by atoms with van der Waals surface area (Å²) in [6.07, 6.45) is 2.27. The number of ether oxygens (including phenoxy) is 2. The number of nitro benzene ring substituents is 1. The zero-order valence-corrected chi connectivity index (χ0v) is 17.2. The van der Waals surface area contributed by atoms with Gasteiger partial charge in [0.25, 0.3) is 11.6 Å². The Bertz CT molecular complexity index is 916. The van der Waals surface area contributed by atoms with Crippen molar-refractivity contribution in [3.63, 3.8) is 0 Å². The Morgan fingerprint density at radius 2 is 1.87 bits per heavy atom. The average molecular weight is 428 g/mol. The van der Waals surface area contributed by atoms with Gasteiger partial charge in [0.15, 0.2) is 6.61 Å². The Labute approximate surface area is 179 Å². The number of nitro groups is 1. The predicted octanol–water partition coefficient (Wildman–Crippen LogP) is 2.28. The molecule has 3 rings (SSSR count). The molecule has 1 aromatic carbocycles. The van der Waals surface area contributed by atoms with Gasteiger partial charge in [0.2, 0.25) is 0 Å². The van der Waals surface area contributed by atoms with Crippen LogP contribution in [0.3, 0.4) is 0 Å². The minimum atomic E-state index is -0.489. The molecule has 10 heteroatoms. The van der Waals surface area contributed by atoms with E-state index in [9.17, 15) is 19.7 Å². The summed E-state index contributed by atoms with van der Waals surface area (Å²) in [6.45, 7) is 4.38. The molecule has 0 radical (unpaired) electrons. The number of rotatable bonds is 7. The van der Waals surface area contributed by atoms with Crippen molar-refractivity contribution in [1.29, 1.82) is 0 Å². The lowest BCUT2D eigenvalue weighted by molar-refractivity contribution is -0.384. The molecule has 2 heterocycles. The SMILES string of the molecule is CCOC(=O)c1ccc(N2CCCN(C(=O)COc3ccc([N+](=O)[O-])cc3)CC2)nc1. The Morgan fingerprint density at radius 1 is 1.10 bits per heavy atom. The molecule has 0 N–H and O–H groups in total. The summed E-state index contributed by atoms with van der Waals surface area (Å²) in [7, 11) is 0. The minimum absolute atomic E-state index is 0.0322. The number of anilines is 1. The minimum Gasteiger partial charge on any atom is -0.484 e. The smallest absolute Gasteiger partial charge is 0.339 e. The Kier molecular flexibility index (Phi) is 7.36. The number of pyridine rings is 1. The van der Waals surface area contributed by atoms with E-state index in [0.29, 0.717) is 37.6 Å². The van der Waals surface area contributed by atoms with Gasteiger partial charge in [0.05, 0.1) is 17.1 Å². The van der Waals surface area contributed by atoms with Gasteiger partial charge in [0.1, 0.15) is 11.6 Å². The third kappa shape index (κ3) is 5.91. The molecule has 1 fully saturated rings. The maximum Gasteiger partial charge on any atom is 0.339 e. The van der Waals surface area contributed by atoms with Crippen molar-refractivity contribution in [3.8, 4) is 5.75 Å². The van der Waals surface area contributed by atoms with Gasteiger partial charge >= 0.3 is 5.97 Å². The van der Waals surface area contributed by atoms with Crippen molar-refractivity contribution < 1.29 is 24.0 Å². The van der Waals surface area contributed by atoms with E-state index in [0.717, 1.165) is 18.8 Å². The third-order valence-electron chi connectivity index (χ3n) is 4.84. The topological polar surface area (TPSA) is 115 Å². The second-order valence-corrected chi connectivity index (χ2v) is 6.89. The largest absolute Gasteiger partial charge is 0.484 e. The standard InChI is InChI=1S/C21H24N4O6/c1-2-30-21(27)16-4-9-19(22-14-16)23-10-3-11-24(13-12-23)20(26)15-31-18-7-5-17(6-8-18)25(28)29/h4-9,14H,2-3,10-13,15H2,1H3. The highest BCUT2D eigenvalue weighted by molar-refractivity contribution is 5.89. The van der Waals surface area contributed by atoms with Crippen LogP contribution in [0.1, 0.15) is 23.7 Å². The number of carbonyl (C=O) groups is 2. The molecule has 0 atom stereocenters. The molecule has 10 nitrogen and oxygen atoms in total. The van der Waals surface area contributed by atoms with Gasteiger partial charge in [-0.15, -0.1) is 0 Å². The maximum atomic E-state index is 12.5. The Hall–Kier alpha value is -3.69. The number of hydrogen-bond donors (Lipinski definition) is 0. The van der Waals surface area contributed by atoms with E-state index in [2.05, 4.69) is 9.88 Å². The van der Waals surface area contributed by atoms with Crippen LogP contribution in [0, 0.1) is 10.1 Å². The fraction of sp³-hybridized carbons (Fsp3) is 0.381. The summed E-state index contributed by atoms with van der Waals surface area (Å²) >= 11 is 0. The van der Waals surface area contributed by atoms with Gasteiger partial charge in [-0.25, -0.2) is 9.78 Å². The van der Waals surface area contributed by atoms with E-state index in [1.54, 1.807) is 24.0 Å². The first-order chi connectivity index (χ1) is 15.0. The van der Waals surface area contributed by atoms with Crippen LogP contribution < -0.4 is 9.64 Å². The van der Waals surface area contributed by atoms with Crippen LogP contribution in [0.2, 0.25) is 0 Å². The molecule has 164 valence electrons. The highest BCUT2D eigenvalue weighted by Crippen LogP contribution is 2.18. The van der Waals surface area contributed by atoms with Crippen LogP contribution in [-0.4, -0.2) is 66.1 Å². The van der Waals surface area contributed by atoms with Gasteiger partial charge in [-0.1, -0.05) is 0 Å². The van der Waals surface area contributed by atoms with Crippen molar-refractivity contribution in [2.24, 2.45) is 0 Å². The fourth-order valence-corrected chi connectivity index (χ4v) is 3.20. The normalized spacial score (nSPS) is 14.0. The Morgan fingerprint density at radius 3 is 2.52 bits per heavy atom. The molecule has 2 aromatic rings. The number of amides is 1. The Balaban J connectivity index is 1.51. The van der Waals surface area contributed by atoms with Crippen molar-refractivity contribution in [2.75, 3.05) is 44.3 Å². The fourth-order valence-electron chi connectivity index (χ4n) is 3.20. The second kappa shape index (κ2) is 10.4. The van der Waals surface area contributed by atoms with Crippen molar-refractivity contribution in [2.45, 2.75) is 13.3 Å². The number of benzene rings is 1. The van der Waals surface area contributed by atoms with E-state index in [1.807, 2.05) is 0 Å². The molecule has 1 amide bonds. The van der Waals surface area contributed by atoms with E-state index in [1.165, 1.54) is 30.5 Å². The summed E-state index contributed by atoms with van der Waals surface area (Å²) in [5, 5.41) is 10.7. The lowest BCUT2D eigenvalue weighted by Gasteiger charge is -2.23. The first-order valence-electron chi connectivity index (χ1n) is 10.0. The zero-order chi connectivity index (χ0) is 22.2. The van der Waals surface area contributed by atoms with Crippen LogP contribution in [0.15, 0.2) is 42.6 Å². The van der Waals surface area contributed by atoms with Crippen LogP contribution in [0.25, 0.3) is 0 Å². The third-order valence-corrected chi connectivity index (χ3v) is 4.84. The zero-order valence-electron chi connectivity index (χ0n) is 17.2. The number of aromatic nitrogens is 1. The molecule has 1 aliphatic heterocycles. The first kappa shape index (κ1) is 22.0. The molecule has 0 spiro atoms. The number of hydrogen-bond acceptors (Lipinski definition) is 8. The van der Waals surface area contributed by atoms with Gasteiger partial charge in [-0.2, -0.15) is 0 Å². The molecule has 1 saturated heterocycles. The number of esters is 1. The first-order valence-corrected chi connectivity index (χ1v) is 10.0. The van der Waals surface area contributed by atoms with Gasteiger partial charge in [-0.05, 0) is 37.6 Å². The predicted molar refractivity (Wildman–Crippen MR) is 112 cm³/mol. The summed E-state index contributed by atoms with van der Waals surface area (Å²) < 4.78 is 10.4. The summed E-state index contributed by atoms with van der Waals surface area (Å²) in [6, 6.07) is 9.09. The van der Waals surface area contributed by atoms with E-state index in [4.69, 9.17) is 9.47 Å². The van der Waals surface area contributed by atoms with Gasteiger partial charge < -0.3 is 19.3 Å². The molecular weight excluding hydrogens is 404 g/mol. The average Bonchev–Trinajstić information content (AvgIpc) is 3.04. The van der Waals surface area contributed by atoms with Crippen molar-refractivity contribution in [1.82, 2.24) is 9.88 Å². The lowest BCUT2D eigenvalue weighted by atomic mass is 10.2. The number of non-ortho nitro benzene ring substituents is 1. The molecule has 0 bridgehead atoms. The molecule has 0 aliphatic carbocycles. The molecular formula is C21H24N4O6. The quantitative estimate of drug-likeness (QED) is 0.375. The molecule has 31 heavy (non-hydrogen) atoms. The number of nitrogens with zero attached hydrogens (tertiary/aromatic N) is 4. The summed E-state index contributed by atoms with van der Waals surface area (Å²) in [5.74, 6) is 0.596. The number of carbonyl (C=O) groups excluding carboxylic acids is 2. The highest BCUT2D eigenvalue weighted by Gasteiger charge is 2.21. The monoisotopic (exact) mass is 428 g/mol. The van der Waals surface area contributed by atoms with Crippen LogP contribution in [-0.2, 0) is 9.53 Å². The van der Waals surface area contributed by atoms with E-state index < -0.39 is 10.9 Å². The van der Waals surface area contributed by atoms with Gasteiger partial charge in [0, 0.05) is 44.5 Å². The maximum absolute atomic E-state index is 12.5. The van der Waals surface area contributed by atoms with Crippen LogP contribution >= 0.6 is 0 Å². The lowest BCUT2D eigenvalue weighted by Crippen LogP contribution is -2.38. The summed E-state index contributed by atoms with van der Waals surface area (Å²) in [4.78, 5) is 42.7. The van der Waals surface area contributed by atoms with Crippen molar-refractivity contribution >= 4 is 23.4 Å². The van der Waals surface area contributed by atoms with E-state index >= 15 is 0 Å². The molecule has 1 aromatic heterocycles. The highest BCUT2D eigenvalue weighted by atomic mass is 16.6. The van der Waals surface area contributed by atoms with Crippen LogP contribution in [0.4, 0.5) is 11.5 Å². The van der Waals surface area contributed by atoms with Gasteiger partial charge in [-0.3, -0.25) is 14.9 Å². The van der Waals surface area contributed by atoms with Crippen LogP contribution in [0.5, 0.6) is 5.75 Å². The molecule has 0 unspecified atom stereocenters.